The number of aryl methyl sites for hydroxylation is 1. The molecule has 27 heavy (non-hydrogen) atoms. The van der Waals surface area contributed by atoms with Crippen LogP contribution in [-0.4, -0.2) is 25.5 Å². The molecule has 0 radical (unpaired) electrons. The Morgan fingerprint density at radius 2 is 2.04 bits per heavy atom. The van der Waals surface area contributed by atoms with Crippen LogP contribution in [0.2, 0.25) is 0 Å². The van der Waals surface area contributed by atoms with Gasteiger partial charge in [-0.25, -0.2) is 4.98 Å². The quantitative estimate of drug-likeness (QED) is 0.327. The summed E-state index contributed by atoms with van der Waals surface area (Å²) in [6.07, 6.45) is 5.92. The van der Waals surface area contributed by atoms with Crippen molar-refractivity contribution in [2.24, 2.45) is 0 Å². The number of furan rings is 1. The van der Waals surface area contributed by atoms with E-state index in [0.717, 1.165) is 52.3 Å². The number of rotatable bonds is 8. The molecule has 1 aromatic carbocycles. The Hall–Kier alpha value is -2.54. The SMILES string of the molecule is c1coc(Cn2c(SCCCc3nc4ccccc4o3)nnc2C2CC2)c1. The summed E-state index contributed by atoms with van der Waals surface area (Å²) in [4.78, 5) is 4.54. The molecule has 3 aromatic heterocycles. The second-order valence-electron chi connectivity index (χ2n) is 6.81. The molecule has 0 amide bonds. The highest BCUT2D eigenvalue weighted by atomic mass is 32.2. The van der Waals surface area contributed by atoms with E-state index in [9.17, 15) is 0 Å². The number of hydrogen-bond acceptors (Lipinski definition) is 6. The third-order valence-electron chi connectivity index (χ3n) is 4.69. The molecule has 0 atom stereocenters. The Balaban J connectivity index is 1.23. The molecule has 1 aliphatic carbocycles. The minimum Gasteiger partial charge on any atom is -0.467 e. The Bertz CT molecular complexity index is 1000. The normalized spacial score (nSPS) is 14.2. The first kappa shape index (κ1) is 16.6. The van der Waals surface area contributed by atoms with Crippen molar-refractivity contribution in [2.45, 2.75) is 43.3 Å². The average Bonchev–Trinajstić information content (AvgIpc) is 3.08. The van der Waals surface area contributed by atoms with Crippen LogP contribution in [-0.2, 0) is 13.0 Å². The predicted octanol–water partition coefficient (Wildman–Crippen LogP) is 4.66. The number of para-hydroxylation sites is 2. The van der Waals surface area contributed by atoms with Crippen LogP contribution in [0.4, 0.5) is 0 Å². The highest BCUT2D eigenvalue weighted by molar-refractivity contribution is 7.99. The number of benzene rings is 1. The van der Waals surface area contributed by atoms with Gasteiger partial charge in [-0.2, -0.15) is 0 Å². The number of aromatic nitrogens is 4. The van der Waals surface area contributed by atoms with Gasteiger partial charge >= 0.3 is 0 Å². The van der Waals surface area contributed by atoms with Crippen molar-refractivity contribution in [3.8, 4) is 0 Å². The number of nitrogens with zero attached hydrogens (tertiary/aromatic N) is 4. The van der Waals surface area contributed by atoms with Crippen molar-refractivity contribution in [1.82, 2.24) is 19.7 Å². The van der Waals surface area contributed by atoms with Crippen molar-refractivity contribution in [3.63, 3.8) is 0 Å². The second kappa shape index (κ2) is 7.23. The van der Waals surface area contributed by atoms with Gasteiger partial charge < -0.3 is 8.83 Å². The number of oxazole rings is 1. The van der Waals surface area contributed by atoms with Crippen LogP contribution in [0.25, 0.3) is 11.1 Å². The molecule has 0 spiro atoms. The first-order valence-corrected chi connectivity index (χ1v) is 10.3. The van der Waals surface area contributed by atoms with Crippen molar-refractivity contribution in [2.75, 3.05) is 5.75 Å². The average molecular weight is 380 g/mol. The van der Waals surface area contributed by atoms with E-state index in [2.05, 4.69) is 19.7 Å². The fraction of sp³-hybridized carbons (Fsp3) is 0.350. The zero-order chi connectivity index (χ0) is 18.1. The van der Waals surface area contributed by atoms with Crippen LogP contribution in [0.1, 0.15) is 42.7 Å². The van der Waals surface area contributed by atoms with Crippen molar-refractivity contribution in [3.05, 3.63) is 60.1 Å². The summed E-state index contributed by atoms with van der Waals surface area (Å²) in [5, 5.41) is 9.84. The Morgan fingerprint density at radius 3 is 2.85 bits per heavy atom. The zero-order valence-electron chi connectivity index (χ0n) is 14.9. The fourth-order valence-electron chi connectivity index (χ4n) is 3.17. The van der Waals surface area contributed by atoms with Crippen LogP contribution < -0.4 is 0 Å². The molecule has 1 fully saturated rings. The molecule has 0 saturated heterocycles. The molecular weight excluding hydrogens is 360 g/mol. The summed E-state index contributed by atoms with van der Waals surface area (Å²) in [6, 6.07) is 11.8. The standard InChI is InChI=1S/C20H20N4O2S/c1-2-7-17-16(6-1)21-18(26-17)8-4-12-27-20-23-22-19(14-9-10-14)24(20)13-15-5-3-11-25-15/h1-3,5-7,11,14H,4,8-10,12-13H2. The Labute approximate surface area is 161 Å². The van der Waals surface area contributed by atoms with Crippen LogP contribution in [0.5, 0.6) is 0 Å². The number of hydrogen-bond donors (Lipinski definition) is 0. The lowest BCUT2D eigenvalue weighted by molar-refractivity contribution is 0.478. The molecular formula is C20H20N4O2S. The smallest absolute Gasteiger partial charge is 0.195 e. The van der Waals surface area contributed by atoms with Gasteiger partial charge in [0.2, 0.25) is 0 Å². The van der Waals surface area contributed by atoms with Gasteiger partial charge in [0.15, 0.2) is 16.6 Å². The summed E-state index contributed by atoms with van der Waals surface area (Å²) in [5.41, 5.74) is 1.78. The molecule has 5 rings (SSSR count). The lowest BCUT2D eigenvalue weighted by Crippen LogP contribution is -2.05. The van der Waals surface area contributed by atoms with Crippen molar-refractivity contribution < 1.29 is 8.83 Å². The van der Waals surface area contributed by atoms with Crippen LogP contribution >= 0.6 is 11.8 Å². The highest BCUT2D eigenvalue weighted by Gasteiger charge is 2.30. The van der Waals surface area contributed by atoms with Crippen molar-refractivity contribution >= 4 is 22.9 Å². The summed E-state index contributed by atoms with van der Waals surface area (Å²) in [5.74, 6) is 4.33. The van der Waals surface area contributed by atoms with E-state index in [1.807, 2.05) is 36.4 Å². The monoisotopic (exact) mass is 380 g/mol. The topological polar surface area (TPSA) is 69.9 Å². The number of fused-ring (bicyclic) bond motifs is 1. The second-order valence-corrected chi connectivity index (χ2v) is 7.87. The lowest BCUT2D eigenvalue weighted by atomic mass is 10.3. The van der Waals surface area contributed by atoms with E-state index in [-0.39, 0.29) is 0 Å². The van der Waals surface area contributed by atoms with E-state index in [1.165, 1.54) is 12.8 Å². The van der Waals surface area contributed by atoms with Gasteiger partial charge in [0.25, 0.3) is 0 Å². The van der Waals surface area contributed by atoms with Crippen LogP contribution in [0.3, 0.4) is 0 Å². The van der Waals surface area contributed by atoms with Crippen LogP contribution in [0, 0.1) is 0 Å². The first-order chi connectivity index (χ1) is 13.4. The van der Waals surface area contributed by atoms with Gasteiger partial charge in [0.05, 0.1) is 12.8 Å². The largest absolute Gasteiger partial charge is 0.467 e. The van der Waals surface area contributed by atoms with Gasteiger partial charge in [-0.1, -0.05) is 23.9 Å². The summed E-state index contributed by atoms with van der Waals surface area (Å²) < 4.78 is 13.5. The first-order valence-electron chi connectivity index (χ1n) is 9.29. The highest BCUT2D eigenvalue weighted by Crippen LogP contribution is 2.40. The maximum Gasteiger partial charge on any atom is 0.195 e. The Kier molecular flexibility index (Phi) is 4.45. The van der Waals surface area contributed by atoms with Gasteiger partial charge in [-0.15, -0.1) is 10.2 Å². The molecule has 3 heterocycles. The third-order valence-corrected chi connectivity index (χ3v) is 5.74. The van der Waals surface area contributed by atoms with Gasteiger partial charge in [0.1, 0.15) is 17.1 Å². The molecule has 0 unspecified atom stereocenters. The van der Waals surface area contributed by atoms with E-state index in [4.69, 9.17) is 8.83 Å². The molecule has 0 N–H and O–H groups in total. The fourth-order valence-corrected chi connectivity index (χ4v) is 4.05. The zero-order valence-corrected chi connectivity index (χ0v) is 15.7. The van der Waals surface area contributed by atoms with Crippen molar-refractivity contribution in [1.29, 1.82) is 0 Å². The lowest BCUT2D eigenvalue weighted by Gasteiger charge is -2.07. The minimum absolute atomic E-state index is 0.557. The molecule has 7 heteroatoms. The molecule has 0 aliphatic heterocycles. The summed E-state index contributed by atoms with van der Waals surface area (Å²) >= 11 is 1.74. The summed E-state index contributed by atoms with van der Waals surface area (Å²) in [6.45, 7) is 0.694. The van der Waals surface area contributed by atoms with E-state index in [1.54, 1.807) is 18.0 Å². The predicted molar refractivity (Wildman–Crippen MR) is 103 cm³/mol. The molecule has 1 aliphatic rings. The van der Waals surface area contributed by atoms with Gasteiger partial charge in [-0.05, 0) is 43.5 Å². The minimum atomic E-state index is 0.557. The molecule has 4 aromatic rings. The summed E-state index contributed by atoms with van der Waals surface area (Å²) in [7, 11) is 0. The maximum atomic E-state index is 5.79. The maximum absolute atomic E-state index is 5.79. The van der Waals surface area contributed by atoms with Crippen LogP contribution in [0.15, 0.2) is 56.7 Å². The van der Waals surface area contributed by atoms with E-state index < -0.39 is 0 Å². The van der Waals surface area contributed by atoms with E-state index >= 15 is 0 Å². The molecule has 0 bridgehead atoms. The molecule has 6 nitrogen and oxygen atoms in total. The number of thioether (sulfide) groups is 1. The van der Waals surface area contributed by atoms with E-state index in [0.29, 0.717) is 12.5 Å². The van der Waals surface area contributed by atoms with Gasteiger partial charge in [0, 0.05) is 18.1 Å². The van der Waals surface area contributed by atoms with Gasteiger partial charge in [-0.3, -0.25) is 4.57 Å². The molecule has 1 saturated carbocycles. The Morgan fingerprint density at radius 1 is 1.11 bits per heavy atom. The third kappa shape index (κ3) is 3.64. The molecule has 138 valence electrons.